The average Bonchev–Trinajstić information content (AvgIpc) is 2.74. The van der Waals surface area contributed by atoms with Gasteiger partial charge in [0.25, 0.3) is 5.56 Å². The van der Waals surface area contributed by atoms with Gasteiger partial charge in [-0.2, -0.15) is 0 Å². The maximum atomic E-state index is 13.2. The molecule has 0 aliphatic carbocycles. The van der Waals surface area contributed by atoms with Crippen molar-refractivity contribution in [2.24, 2.45) is 0 Å². The van der Waals surface area contributed by atoms with Crippen LogP contribution in [0.25, 0.3) is 22.3 Å². The van der Waals surface area contributed by atoms with Crippen molar-refractivity contribution in [3.63, 3.8) is 0 Å². The summed E-state index contributed by atoms with van der Waals surface area (Å²) in [7, 11) is 1.61. The van der Waals surface area contributed by atoms with Crippen molar-refractivity contribution < 1.29 is 9.47 Å². The molecule has 2 heterocycles. The Balaban J connectivity index is 1.79. The zero-order valence-electron chi connectivity index (χ0n) is 15.4. The molecule has 1 fully saturated rings. The van der Waals surface area contributed by atoms with Crippen molar-refractivity contribution >= 4 is 10.9 Å². The molecule has 0 amide bonds. The molecule has 1 saturated heterocycles. The van der Waals surface area contributed by atoms with E-state index in [4.69, 9.17) is 14.5 Å². The number of hydrogen-bond donors (Lipinski definition) is 0. The van der Waals surface area contributed by atoms with Gasteiger partial charge in [0.1, 0.15) is 11.6 Å². The molecule has 6 nitrogen and oxygen atoms in total. The second-order valence-corrected chi connectivity index (χ2v) is 6.60. The van der Waals surface area contributed by atoms with Crippen LogP contribution in [0.5, 0.6) is 5.75 Å². The normalized spacial score (nSPS) is 15.1. The molecule has 0 N–H and O–H groups in total. The van der Waals surface area contributed by atoms with Gasteiger partial charge >= 0.3 is 0 Å². The van der Waals surface area contributed by atoms with E-state index >= 15 is 0 Å². The number of hydrogen-bond acceptors (Lipinski definition) is 5. The van der Waals surface area contributed by atoms with Crippen LogP contribution in [0, 0.1) is 0 Å². The Morgan fingerprint density at radius 2 is 1.85 bits per heavy atom. The topological polar surface area (TPSA) is 56.6 Å². The summed E-state index contributed by atoms with van der Waals surface area (Å²) in [5.74, 6) is 1.38. The molecule has 1 aromatic heterocycles. The lowest BCUT2D eigenvalue weighted by Gasteiger charge is -2.27. The molecular formula is C21H23N3O3. The van der Waals surface area contributed by atoms with Gasteiger partial charge in [-0.05, 0) is 12.1 Å². The first-order valence-corrected chi connectivity index (χ1v) is 9.20. The molecule has 0 radical (unpaired) electrons. The fraction of sp³-hybridized carbons (Fsp3) is 0.333. The molecule has 0 atom stereocenters. The molecule has 0 saturated carbocycles. The van der Waals surface area contributed by atoms with Crippen molar-refractivity contribution in [1.29, 1.82) is 0 Å². The summed E-state index contributed by atoms with van der Waals surface area (Å²) in [4.78, 5) is 20.4. The third kappa shape index (κ3) is 3.72. The Bertz CT molecular complexity index is 979. The van der Waals surface area contributed by atoms with Crippen molar-refractivity contribution in [2.75, 3.05) is 40.0 Å². The Morgan fingerprint density at radius 1 is 1.07 bits per heavy atom. The molecule has 4 rings (SSSR count). The molecule has 6 heteroatoms. The first-order valence-electron chi connectivity index (χ1n) is 9.20. The summed E-state index contributed by atoms with van der Waals surface area (Å²) in [6.45, 7) is 4.68. The first-order chi connectivity index (χ1) is 13.3. The van der Waals surface area contributed by atoms with Crippen molar-refractivity contribution in [1.82, 2.24) is 14.5 Å². The Kier molecular flexibility index (Phi) is 5.18. The quantitative estimate of drug-likeness (QED) is 0.695. The Labute approximate surface area is 158 Å². The number of ether oxygens (including phenoxy) is 2. The summed E-state index contributed by atoms with van der Waals surface area (Å²) in [5, 5.41) is 0.609. The SMILES string of the molecule is COc1ccc2c(=O)n(CCN3CCOCC3)c(-c3ccccc3)nc2c1. The summed E-state index contributed by atoms with van der Waals surface area (Å²) in [6, 6.07) is 15.3. The minimum absolute atomic E-state index is 0.0187. The van der Waals surface area contributed by atoms with Gasteiger partial charge in [0, 0.05) is 37.8 Å². The predicted molar refractivity (Wildman–Crippen MR) is 105 cm³/mol. The van der Waals surface area contributed by atoms with Crippen LogP contribution in [0.1, 0.15) is 0 Å². The van der Waals surface area contributed by atoms with Crippen LogP contribution in [-0.2, 0) is 11.3 Å². The van der Waals surface area contributed by atoms with Gasteiger partial charge in [0.2, 0.25) is 0 Å². The van der Waals surface area contributed by atoms with E-state index < -0.39 is 0 Å². The molecular weight excluding hydrogens is 342 g/mol. The molecule has 1 aliphatic rings. The highest BCUT2D eigenvalue weighted by molar-refractivity contribution is 5.81. The lowest BCUT2D eigenvalue weighted by atomic mass is 10.1. The highest BCUT2D eigenvalue weighted by atomic mass is 16.5. The molecule has 3 aromatic rings. The third-order valence-electron chi connectivity index (χ3n) is 4.94. The zero-order chi connectivity index (χ0) is 18.6. The number of rotatable bonds is 5. The maximum Gasteiger partial charge on any atom is 0.261 e. The highest BCUT2D eigenvalue weighted by Gasteiger charge is 2.16. The summed E-state index contributed by atoms with van der Waals surface area (Å²) in [5.41, 5.74) is 1.57. The number of nitrogens with zero attached hydrogens (tertiary/aromatic N) is 3. The summed E-state index contributed by atoms with van der Waals surface area (Å²) in [6.07, 6.45) is 0. The molecule has 1 aliphatic heterocycles. The summed E-state index contributed by atoms with van der Waals surface area (Å²) >= 11 is 0. The second kappa shape index (κ2) is 7.90. The van der Waals surface area contributed by atoms with Crippen LogP contribution in [0.3, 0.4) is 0 Å². The summed E-state index contributed by atoms with van der Waals surface area (Å²) < 4.78 is 12.5. The lowest BCUT2D eigenvalue weighted by molar-refractivity contribution is 0.0363. The standard InChI is InChI=1S/C21H23N3O3/c1-26-17-7-8-18-19(15-17)22-20(16-5-3-2-4-6-16)24(21(18)25)10-9-23-11-13-27-14-12-23/h2-8,15H,9-14H2,1H3. The number of methoxy groups -OCH3 is 1. The van der Waals surface area contributed by atoms with E-state index in [1.165, 1.54) is 0 Å². The lowest BCUT2D eigenvalue weighted by Crippen LogP contribution is -2.39. The van der Waals surface area contributed by atoms with Crippen LogP contribution >= 0.6 is 0 Å². The number of fused-ring (bicyclic) bond motifs is 1. The van der Waals surface area contributed by atoms with Gasteiger partial charge in [0.05, 0.1) is 31.2 Å². The largest absolute Gasteiger partial charge is 0.497 e. The van der Waals surface area contributed by atoms with E-state index in [0.717, 1.165) is 38.4 Å². The number of aromatic nitrogens is 2. The van der Waals surface area contributed by atoms with E-state index in [2.05, 4.69) is 4.90 Å². The first kappa shape index (κ1) is 17.7. The van der Waals surface area contributed by atoms with E-state index in [-0.39, 0.29) is 5.56 Å². The third-order valence-corrected chi connectivity index (χ3v) is 4.94. The smallest absolute Gasteiger partial charge is 0.261 e. The Hall–Kier alpha value is -2.70. The zero-order valence-corrected chi connectivity index (χ0v) is 15.4. The van der Waals surface area contributed by atoms with Gasteiger partial charge in [-0.1, -0.05) is 30.3 Å². The molecule has 140 valence electrons. The highest BCUT2D eigenvalue weighted by Crippen LogP contribution is 2.22. The van der Waals surface area contributed by atoms with Crippen LogP contribution in [0.15, 0.2) is 53.3 Å². The van der Waals surface area contributed by atoms with Crippen LogP contribution in [0.4, 0.5) is 0 Å². The molecule has 2 aromatic carbocycles. The molecule has 27 heavy (non-hydrogen) atoms. The van der Waals surface area contributed by atoms with Gasteiger partial charge in [-0.15, -0.1) is 0 Å². The molecule has 0 bridgehead atoms. The molecule has 0 spiro atoms. The second-order valence-electron chi connectivity index (χ2n) is 6.60. The maximum absolute atomic E-state index is 13.2. The minimum Gasteiger partial charge on any atom is -0.497 e. The predicted octanol–water partition coefficient (Wildman–Crippen LogP) is 2.40. The monoisotopic (exact) mass is 365 g/mol. The van der Waals surface area contributed by atoms with E-state index in [0.29, 0.717) is 29.0 Å². The van der Waals surface area contributed by atoms with Crippen molar-refractivity contribution in [3.8, 4) is 17.1 Å². The minimum atomic E-state index is -0.0187. The molecule has 0 unspecified atom stereocenters. The van der Waals surface area contributed by atoms with Crippen LogP contribution in [0.2, 0.25) is 0 Å². The van der Waals surface area contributed by atoms with E-state index in [1.54, 1.807) is 23.8 Å². The van der Waals surface area contributed by atoms with E-state index in [9.17, 15) is 4.79 Å². The van der Waals surface area contributed by atoms with Gasteiger partial charge < -0.3 is 9.47 Å². The van der Waals surface area contributed by atoms with Crippen LogP contribution in [-0.4, -0.2) is 54.4 Å². The number of benzene rings is 2. The van der Waals surface area contributed by atoms with Crippen molar-refractivity contribution in [3.05, 3.63) is 58.9 Å². The van der Waals surface area contributed by atoms with Crippen molar-refractivity contribution in [2.45, 2.75) is 6.54 Å². The average molecular weight is 365 g/mol. The fourth-order valence-corrected chi connectivity index (χ4v) is 3.41. The van der Waals surface area contributed by atoms with Crippen LogP contribution < -0.4 is 10.3 Å². The Morgan fingerprint density at radius 3 is 2.59 bits per heavy atom. The van der Waals surface area contributed by atoms with Gasteiger partial charge in [0.15, 0.2) is 0 Å². The van der Waals surface area contributed by atoms with E-state index in [1.807, 2.05) is 36.4 Å². The van der Waals surface area contributed by atoms with Gasteiger partial charge in [-0.3, -0.25) is 14.3 Å². The van der Waals surface area contributed by atoms with Gasteiger partial charge in [-0.25, -0.2) is 4.98 Å². The fourth-order valence-electron chi connectivity index (χ4n) is 3.41. The number of morpholine rings is 1.